The average Bonchev–Trinajstić information content (AvgIpc) is 2.72. The van der Waals surface area contributed by atoms with Crippen LogP contribution >= 0.6 is 0 Å². The summed E-state index contributed by atoms with van der Waals surface area (Å²) in [6.07, 6.45) is 1.82. The second kappa shape index (κ2) is 9.25. The topological polar surface area (TPSA) is 42.0 Å². The number of aldehydes is 1. The highest BCUT2D eigenvalue weighted by atomic mass is 16.5. The quantitative estimate of drug-likeness (QED) is 0.538. The third-order valence-electron chi connectivity index (χ3n) is 4.69. The van der Waals surface area contributed by atoms with Crippen LogP contribution in [-0.2, 0) is 0 Å². The Morgan fingerprint density at radius 3 is 2.46 bits per heavy atom. The molecule has 0 N–H and O–H groups in total. The van der Waals surface area contributed by atoms with Gasteiger partial charge in [0, 0.05) is 44.0 Å². The van der Waals surface area contributed by atoms with Gasteiger partial charge in [-0.1, -0.05) is 12.1 Å². The van der Waals surface area contributed by atoms with Gasteiger partial charge in [-0.15, -0.1) is 0 Å². The molecule has 0 aromatic heterocycles. The number of nitrogens with zero attached hydrogens (tertiary/aromatic N) is 2. The molecule has 1 heterocycles. The first-order valence-electron chi connectivity index (χ1n) is 9.08. The van der Waals surface area contributed by atoms with Crippen LogP contribution in [0.1, 0.15) is 16.8 Å². The summed E-state index contributed by atoms with van der Waals surface area (Å²) in [5.74, 6) is 1.66. The third-order valence-corrected chi connectivity index (χ3v) is 4.69. The van der Waals surface area contributed by atoms with Gasteiger partial charge in [0.05, 0.1) is 13.7 Å². The van der Waals surface area contributed by atoms with Crippen LogP contribution in [0.5, 0.6) is 11.5 Å². The van der Waals surface area contributed by atoms with Gasteiger partial charge in [-0.25, -0.2) is 0 Å². The van der Waals surface area contributed by atoms with Crippen molar-refractivity contribution in [3.8, 4) is 11.5 Å². The van der Waals surface area contributed by atoms with E-state index >= 15 is 0 Å². The molecule has 0 atom stereocenters. The van der Waals surface area contributed by atoms with E-state index < -0.39 is 0 Å². The van der Waals surface area contributed by atoms with Crippen molar-refractivity contribution < 1.29 is 14.3 Å². The van der Waals surface area contributed by atoms with E-state index in [0.29, 0.717) is 12.2 Å². The van der Waals surface area contributed by atoms with Crippen LogP contribution in [-0.4, -0.2) is 57.6 Å². The van der Waals surface area contributed by atoms with E-state index in [1.54, 1.807) is 19.2 Å². The van der Waals surface area contributed by atoms with Crippen LogP contribution in [0.2, 0.25) is 0 Å². The number of rotatable bonds is 8. The van der Waals surface area contributed by atoms with Gasteiger partial charge < -0.3 is 14.4 Å². The minimum absolute atomic E-state index is 0.650. The van der Waals surface area contributed by atoms with E-state index in [1.807, 2.05) is 24.3 Å². The molecule has 2 aromatic rings. The van der Waals surface area contributed by atoms with E-state index in [2.05, 4.69) is 21.9 Å². The van der Waals surface area contributed by atoms with E-state index in [4.69, 9.17) is 9.47 Å². The van der Waals surface area contributed by atoms with Crippen molar-refractivity contribution in [2.45, 2.75) is 6.42 Å². The summed E-state index contributed by atoms with van der Waals surface area (Å²) in [6, 6.07) is 15.6. The Morgan fingerprint density at radius 2 is 1.77 bits per heavy atom. The zero-order chi connectivity index (χ0) is 18.2. The van der Waals surface area contributed by atoms with Gasteiger partial charge in [0.15, 0.2) is 0 Å². The number of benzene rings is 2. The molecule has 0 spiro atoms. The van der Waals surface area contributed by atoms with E-state index in [1.165, 1.54) is 5.69 Å². The van der Waals surface area contributed by atoms with Crippen LogP contribution in [0, 0.1) is 0 Å². The minimum atomic E-state index is 0.650. The fourth-order valence-corrected chi connectivity index (χ4v) is 3.18. The molecule has 138 valence electrons. The summed E-state index contributed by atoms with van der Waals surface area (Å²) < 4.78 is 11.0. The molecule has 26 heavy (non-hydrogen) atoms. The molecule has 0 unspecified atom stereocenters. The number of carbonyl (C=O) groups excluding carboxylic acids is 1. The van der Waals surface area contributed by atoms with Crippen molar-refractivity contribution in [2.75, 3.05) is 51.3 Å². The Bertz CT molecular complexity index is 695. The smallest absolute Gasteiger partial charge is 0.150 e. The summed E-state index contributed by atoms with van der Waals surface area (Å²) in [4.78, 5) is 15.7. The van der Waals surface area contributed by atoms with Crippen molar-refractivity contribution in [1.29, 1.82) is 0 Å². The zero-order valence-corrected chi connectivity index (χ0v) is 15.3. The Kier molecular flexibility index (Phi) is 6.50. The normalized spacial score (nSPS) is 14.9. The van der Waals surface area contributed by atoms with Gasteiger partial charge in [0.1, 0.15) is 17.8 Å². The van der Waals surface area contributed by atoms with Crippen LogP contribution < -0.4 is 14.4 Å². The van der Waals surface area contributed by atoms with Gasteiger partial charge in [0.25, 0.3) is 0 Å². The molecule has 0 bridgehead atoms. The molecule has 1 saturated heterocycles. The average molecular weight is 354 g/mol. The zero-order valence-electron chi connectivity index (χ0n) is 15.3. The van der Waals surface area contributed by atoms with Gasteiger partial charge in [0.2, 0.25) is 0 Å². The highest BCUT2D eigenvalue weighted by molar-refractivity contribution is 5.75. The van der Waals surface area contributed by atoms with Gasteiger partial charge in [-0.2, -0.15) is 0 Å². The number of hydrogen-bond acceptors (Lipinski definition) is 5. The lowest BCUT2D eigenvalue weighted by atomic mass is 10.2. The maximum atomic E-state index is 10.8. The van der Waals surface area contributed by atoms with Crippen molar-refractivity contribution in [2.24, 2.45) is 0 Å². The fraction of sp³-hybridized carbons (Fsp3) is 0.381. The number of carbonyl (C=O) groups is 1. The molecule has 2 aromatic carbocycles. The molecule has 1 aliphatic rings. The first-order chi connectivity index (χ1) is 12.8. The Hall–Kier alpha value is -2.53. The lowest BCUT2D eigenvalue weighted by Crippen LogP contribution is -2.46. The standard InChI is InChI=1S/C21H26N2O3/c1-25-20-8-6-19(7-9-20)23-13-11-22(12-14-23)10-3-15-26-21-5-2-4-18(16-21)17-24/h2,4-9,16-17H,3,10-15H2,1H3. The van der Waals surface area contributed by atoms with Gasteiger partial charge in [-0.3, -0.25) is 9.69 Å². The monoisotopic (exact) mass is 354 g/mol. The van der Waals surface area contributed by atoms with Gasteiger partial charge >= 0.3 is 0 Å². The number of methoxy groups -OCH3 is 1. The summed E-state index contributed by atoms with van der Waals surface area (Å²) in [5, 5.41) is 0. The predicted octanol–water partition coefficient (Wildman–Crippen LogP) is 3.10. The van der Waals surface area contributed by atoms with Crippen molar-refractivity contribution in [3.05, 3.63) is 54.1 Å². The van der Waals surface area contributed by atoms with Crippen molar-refractivity contribution >= 4 is 12.0 Å². The maximum Gasteiger partial charge on any atom is 0.150 e. The van der Waals surface area contributed by atoms with E-state index in [-0.39, 0.29) is 0 Å². The predicted molar refractivity (Wildman–Crippen MR) is 104 cm³/mol. The molecule has 1 fully saturated rings. The summed E-state index contributed by atoms with van der Waals surface area (Å²) in [7, 11) is 1.69. The molecule has 3 rings (SSSR count). The highest BCUT2D eigenvalue weighted by Crippen LogP contribution is 2.20. The SMILES string of the molecule is COc1ccc(N2CCN(CCCOc3cccc(C=O)c3)CC2)cc1. The van der Waals surface area contributed by atoms with E-state index in [9.17, 15) is 4.79 Å². The molecule has 5 nitrogen and oxygen atoms in total. The van der Waals surface area contributed by atoms with Crippen LogP contribution in [0.4, 0.5) is 5.69 Å². The minimum Gasteiger partial charge on any atom is -0.497 e. The molecule has 1 aliphatic heterocycles. The summed E-state index contributed by atoms with van der Waals surface area (Å²) in [6.45, 7) is 5.90. The Labute approximate surface area is 155 Å². The van der Waals surface area contributed by atoms with Crippen LogP contribution in [0.25, 0.3) is 0 Å². The first kappa shape index (κ1) is 18.3. The Morgan fingerprint density at radius 1 is 1.00 bits per heavy atom. The van der Waals surface area contributed by atoms with Crippen LogP contribution in [0.3, 0.4) is 0 Å². The molecule has 0 saturated carbocycles. The molecular weight excluding hydrogens is 328 g/mol. The summed E-state index contributed by atoms with van der Waals surface area (Å²) in [5.41, 5.74) is 1.90. The van der Waals surface area contributed by atoms with Crippen LogP contribution in [0.15, 0.2) is 48.5 Å². The summed E-state index contributed by atoms with van der Waals surface area (Å²) >= 11 is 0. The maximum absolute atomic E-state index is 10.8. The lowest BCUT2D eigenvalue weighted by molar-refractivity contribution is 0.112. The van der Waals surface area contributed by atoms with Gasteiger partial charge in [-0.05, 0) is 42.8 Å². The van der Waals surface area contributed by atoms with E-state index in [0.717, 1.165) is 56.9 Å². The Balaban J connectivity index is 1.36. The number of anilines is 1. The molecule has 0 aliphatic carbocycles. The molecular formula is C21H26N2O3. The highest BCUT2D eigenvalue weighted by Gasteiger charge is 2.16. The number of piperazine rings is 1. The van der Waals surface area contributed by atoms with Crippen molar-refractivity contribution in [3.63, 3.8) is 0 Å². The largest absolute Gasteiger partial charge is 0.497 e. The number of ether oxygens (including phenoxy) is 2. The second-order valence-electron chi connectivity index (χ2n) is 6.42. The fourth-order valence-electron chi connectivity index (χ4n) is 3.18. The first-order valence-corrected chi connectivity index (χ1v) is 9.08. The molecule has 5 heteroatoms. The molecule has 0 radical (unpaired) electrons. The lowest BCUT2D eigenvalue weighted by Gasteiger charge is -2.36. The number of hydrogen-bond donors (Lipinski definition) is 0. The van der Waals surface area contributed by atoms with Crippen molar-refractivity contribution in [1.82, 2.24) is 4.90 Å². The molecule has 0 amide bonds. The second-order valence-corrected chi connectivity index (χ2v) is 6.42. The third kappa shape index (κ3) is 4.99.